The monoisotopic (exact) mass is 352 g/mol. The maximum absolute atomic E-state index is 13.4. The number of benzene rings is 2. The third kappa shape index (κ3) is 3.58. The van der Waals surface area contributed by atoms with E-state index in [1.165, 1.54) is 6.07 Å². The Morgan fingerprint density at radius 2 is 1.95 bits per heavy atom. The summed E-state index contributed by atoms with van der Waals surface area (Å²) in [7, 11) is 0. The molecular weight excluding hydrogens is 339 g/mol. The van der Waals surface area contributed by atoms with Crippen LogP contribution in [0.4, 0.5) is 15.8 Å². The van der Waals surface area contributed by atoms with Crippen molar-refractivity contribution in [1.82, 2.24) is 0 Å². The van der Waals surface area contributed by atoms with E-state index in [4.69, 9.17) is 0 Å². The molecule has 2 rings (SSSR count). The Kier molecular flexibility index (Phi) is 4.57. The predicted octanol–water partition coefficient (Wildman–Crippen LogP) is 4.73. The molecule has 1 N–H and O–H groups in total. The lowest BCUT2D eigenvalue weighted by atomic mass is 10.1. The molecule has 0 aliphatic rings. The first kappa shape index (κ1) is 15.4. The molecule has 0 saturated heterocycles. The second-order valence-corrected chi connectivity index (χ2v) is 5.67. The van der Waals surface area contributed by atoms with Crippen molar-refractivity contribution in [2.24, 2.45) is 0 Å². The zero-order chi connectivity index (χ0) is 15.6. The molecule has 0 aromatic heterocycles. The molecule has 2 aromatic rings. The quantitative estimate of drug-likeness (QED) is 0.639. The van der Waals surface area contributed by atoms with E-state index < -0.39 is 4.92 Å². The van der Waals surface area contributed by atoms with Crippen LogP contribution in [0.1, 0.15) is 16.7 Å². The van der Waals surface area contributed by atoms with E-state index >= 15 is 0 Å². The second kappa shape index (κ2) is 6.22. The van der Waals surface area contributed by atoms with Gasteiger partial charge in [0.05, 0.1) is 9.40 Å². The van der Waals surface area contributed by atoms with Gasteiger partial charge in [-0.25, -0.2) is 4.39 Å². The highest BCUT2D eigenvalue weighted by Crippen LogP contribution is 2.26. The molecule has 0 heterocycles. The molecule has 0 fully saturated rings. The zero-order valence-corrected chi connectivity index (χ0v) is 13.2. The van der Waals surface area contributed by atoms with Gasteiger partial charge in [-0.3, -0.25) is 10.1 Å². The highest BCUT2D eigenvalue weighted by atomic mass is 79.9. The average molecular weight is 353 g/mol. The van der Waals surface area contributed by atoms with Crippen LogP contribution in [0.2, 0.25) is 0 Å². The zero-order valence-electron chi connectivity index (χ0n) is 11.6. The van der Waals surface area contributed by atoms with Gasteiger partial charge < -0.3 is 5.32 Å². The largest absolute Gasteiger partial charge is 0.381 e. The molecule has 0 spiro atoms. The number of halogens is 2. The third-order valence-electron chi connectivity index (χ3n) is 3.21. The number of nitro benzene ring substituents is 1. The highest BCUT2D eigenvalue weighted by molar-refractivity contribution is 9.10. The molecule has 6 heteroatoms. The molecule has 21 heavy (non-hydrogen) atoms. The average Bonchev–Trinajstić information content (AvgIpc) is 2.42. The van der Waals surface area contributed by atoms with Crippen LogP contribution in [0.25, 0.3) is 0 Å². The lowest BCUT2D eigenvalue weighted by Gasteiger charge is -2.11. The van der Waals surface area contributed by atoms with Gasteiger partial charge in [0.25, 0.3) is 5.69 Å². The van der Waals surface area contributed by atoms with E-state index in [-0.39, 0.29) is 11.5 Å². The maximum Gasteiger partial charge on any atom is 0.272 e. The normalized spacial score (nSPS) is 10.5. The Hall–Kier alpha value is -1.95. The number of nitrogens with one attached hydrogen (secondary N) is 1. The van der Waals surface area contributed by atoms with Gasteiger partial charge in [-0.1, -0.05) is 6.07 Å². The molecule has 0 radical (unpaired) electrons. The van der Waals surface area contributed by atoms with Crippen molar-refractivity contribution < 1.29 is 9.31 Å². The lowest BCUT2D eigenvalue weighted by molar-refractivity contribution is -0.385. The van der Waals surface area contributed by atoms with Crippen LogP contribution >= 0.6 is 15.9 Å². The van der Waals surface area contributed by atoms with Crippen molar-refractivity contribution >= 4 is 27.3 Å². The van der Waals surface area contributed by atoms with Crippen LogP contribution in [0.3, 0.4) is 0 Å². The van der Waals surface area contributed by atoms with Crippen LogP contribution in [-0.2, 0) is 6.54 Å². The number of aryl methyl sites for hydroxylation is 2. The van der Waals surface area contributed by atoms with Crippen LogP contribution in [-0.4, -0.2) is 4.92 Å². The minimum atomic E-state index is -0.393. The number of hydrogen-bond donors (Lipinski definition) is 1. The lowest BCUT2D eigenvalue weighted by Crippen LogP contribution is -2.03. The van der Waals surface area contributed by atoms with Gasteiger partial charge in [-0.05, 0) is 59.1 Å². The molecule has 0 atom stereocenters. The van der Waals surface area contributed by atoms with E-state index in [2.05, 4.69) is 21.2 Å². The van der Waals surface area contributed by atoms with Gasteiger partial charge in [-0.2, -0.15) is 0 Å². The first-order valence-electron chi connectivity index (χ1n) is 6.32. The Bertz CT molecular complexity index is 704. The minimum Gasteiger partial charge on any atom is -0.381 e. The molecule has 0 aliphatic heterocycles. The van der Waals surface area contributed by atoms with Crippen LogP contribution in [0.15, 0.2) is 34.8 Å². The molecule has 0 amide bonds. The summed E-state index contributed by atoms with van der Waals surface area (Å²) in [5, 5.41) is 14.1. The second-order valence-electron chi connectivity index (χ2n) is 4.81. The predicted molar refractivity (Wildman–Crippen MR) is 84.0 cm³/mol. The molecule has 2 aromatic carbocycles. The van der Waals surface area contributed by atoms with Gasteiger partial charge in [0.1, 0.15) is 5.82 Å². The molecule has 0 aliphatic carbocycles. The topological polar surface area (TPSA) is 55.2 Å². The number of anilines is 1. The van der Waals surface area contributed by atoms with Crippen molar-refractivity contribution in [3.8, 4) is 0 Å². The molecular formula is C15H14BrFN2O2. The van der Waals surface area contributed by atoms with Crippen molar-refractivity contribution in [2.75, 3.05) is 5.32 Å². The first-order valence-corrected chi connectivity index (χ1v) is 7.11. The van der Waals surface area contributed by atoms with Gasteiger partial charge in [0.15, 0.2) is 0 Å². The van der Waals surface area contributed by atoms with Crippen molar-refractivity contribution in [1.29, 1.82) is 0 Å². The summed E-state index contributed by atoms with van der Waals surface area (Å²) in [4.78, 5) is 10.5. The fourth-order valence-electron chi connectivity index (χ4n) is 2.03. The summed E-state index contributed by atoms with van der Waals surface area (Å²) in [6.07, 6.45) is 0. The molecule has 110 valence electrons. The van der Waals surface area contributed by atoms with Crippen LogP contribution in [0.5, 0.6) is 0 Å². The molecule has 4 nitrogen and oxygen atoms in total. The maximum atomic E-state index is 13.4. The third-order valence-corrected chi connectivity index (χ3v) is 3.85. The van der Waals surface area contributed by atoms with E-state index in [9.17, 15) is 14.5 Å². The van der Waals surface area contributed by atoms with Crippen molar-refractivity contribution in [2.45, 2.75) is 20.4 Å². The number of rotatable bonds is 4. The molecule has 0 saturated carbocycles. The Morgan fingerprint density at radius 1 is 1.24 bits per heavy atom. The highest BCUT2D eigenvalue weighted by Gasteiger charge is 2.13. The minimum absolute atomic E-state index is 0.104. The first-order chi connectivity index (χ1) is 9.88. The number of hydrogen-bond acceptors (Lipinski definition) is 3. The van der Waals surface area contributed by atoms with Gasteiger partial charge in [0, 0.05) is 23.9 Å². The van der Waals surface area contributed by atoms with E-state index in [1.54, 1.807) is 32.0 Å². The fraction of sp³-hybridized carbons (Fsp3) is 0.200. The number of nitro groups is 1. The summed E-state index contributed by atoms with van der Waals surface area (Å²) in [6, 6.07) is 8.20. The van der Waals surface area contributed by atoms with E-state index in [0.29, 0.717) is 16.6 Å². The number of nitrogens with zero attached hydrogens (tertiary/aromatic N) is 1. The van der Waals surface area contributed by atoms with E-state index in [0.717, 1.165) is 16.8 Å². The fourth-order valence-corrected chi connectivity index (χ4v) is 2.28. The van der Waals surface area contributed by atoms with Gasteiger partial charge >= 0.3 is 0 Å². The Balaban J connectivity index is 2.18. The Labute approximate surface area is 130 Å². The summed E-state index contributed by atoms with van der Waals surface area (Å²) >= 11 is 3.11. The van der Waals surface area contributed by atoms with Gasteiger partial charge in [-0.15, -0.1) is 0 Å². The van der Waals surface area contributed by atoms with E-state index in [1.807, 2.05) is 6.07 Å². The molecule has 0 bridgehead atoms. The summed E-state index contributed by atoms with van der Waals surface area (Å²) < 4.78 is 13.9. The van der Waals surface area contributed by atoms with Gasteiger partial charge in [0.2, 0.25) is 0 Å². The standard InChI is InChI=1S/C15H14BrFN2O2/c1-9-6-15(19(20)21)10(2)5-14(9)18-8-11-3-4-12(16)13(17)7-11/h3-7,18H,8H2,1-2H3. The van der Waals surface area contributed by atoms with Crippen molar-refractivity contribution in [3.05, 3.63) is 67.4 Å². The molecule has 0 unspecified atom stereocenters. The summed E-state index contributed by atoms with van der Waals surface area (Å²) in [5.41, 5.74) is 3.08. The van der Waals surface area contributed by atoms with Crippen molar-refractivity contribution in [3.63, 3.8) is 0 Å². The van der Waals surface area contributed by atoms with Crippen LogP contribution in [0, 0.1) is 29.8 Å². The Morgan fingerprint density at radius 3 is 2.57 bits per heavy atom. The van der Waals surface area contributed by atoms with Crippen LogP contribution < -0.4 is 5.32 Å². The SMILES string of the molecule is Cc1cc([N+](=O)[O-])c(C)cc1NCc1ccc(Br)c(F)c1. The smallest absolute Gasteiger partial charge is 0.272 e. The summed E-state index contributed by atoms with van der Waals surface area (Å²) in [6.45, 7) is 3.95. The summed E-state index contributed by atoms with van der Waals surface area (Å²) in [5.74, 6) is -0.314.